The summed E-state index contributed by atoms with van der Waals surface area (Å²) in [5.41, 5.74) is 2.46. The number of benzene rings is 2. The van der Waals surface area contributed by atoms with Crippen LogP contribution in [0, 0.1) is 5.82 Å². The molecule has 3 rings (SSSR count). The maximum Gasteiger partial charge on any atom is 0.249 e. The molecule has 0 aliphatic heterocycles. The molecule has 2 aromatic carbocycles. The van der Waals surface area contributed by atoms with Crippen LogP contribution in [0.4, 0.5) is 27.5 Å². The van der Waals surface area contributed by atoms with Gasteiger partial charge in [-0.3, -0.25) is 0 Å². The summed E-state index contributed by atoms with van der Waals surface area (Å²) in [6.45, 7) is 2.10. The van der Waals surface area contributed by atoms with Crippen molar-refractivity contribution in [1.82, 2.24) is 15.2 Å². The van der Waals surface area contributed by atoms with Gasteiger partial charge in [0.15, 0.2) is 5.82 Å². The lowest BCUT2D eigenvalue weighted by molar-refractivity contribution is 0.632. The Bertz CT molecular complexity index is 789. The van der Waals surface area contributed by atoms with Gasteiger partial charge >= 0.3 is 0 Å². The number of hydrogen-bond donors (Lipinski definition) is 2. The minimum atomic E-state index is -0.351. The van der Waals surface area contributed by atoms with Crippen molar-refractivity contribution >= 4 is 23.1 Å². The molecule has 0 aliphatic carbocycles. The first kappa shape index (κ1) is 14.9. The van der Waals surface area contributed by atoms with Crippen LogP contribution in [0.25, 0.3) is 0 Å². The van der Waals surface area contributed by atoms with Crippen LogP contribution in [0.2, 0.25) is 0 Å². The fourth-order valence-electron chi connectivity index (χ4n) is 2.07. The van der Waals surface area contributed by atoms with E-state index in [9.17, 15) is 4.39 Å². The first-order valence-corrected chi connectivity index (χ1v) is 7.32. The lowest BCUT2D eigenvalue weighted by atomic mass is 10.1. The Labute approximate surface area is 133 Å². The second-order valence-corrected chi connectivity index (χ2v) is 4.95. The lowest BCUT2D eigenvalue weighted by Gasteiger charge is -2.08. The van der Waals surface area contributed by atoms with Crippen molar-refractivity contribution in [3.05, 3.63) is 66.1 Å². The van der Waals surface area contributed by atoms with Crippen molar-refractivity contribution in [3.63, 3.8) is 0 Å². The molecule has 0 unspecified atom stereocenters. The fourth-order valence-corrected chi connectivity index (χ4v) is 2.07. The van der Waals surface area contributed by atoms with Gasteiger partial charge in [-0.1, -0.05) is 31.2 Å². The number of nitrogens with zero attached hydrogens (tertiary/aromatic N) is 3. The Morgan fingerprint density at radius 1 is 1.00 bits per heavy atom. The summed E-state index contributed by atoms with van der Waals surface area (Å²) in [6.07, 6.45) is 2.43. The highest BCUT2D eigenvalue weighted by molar-refractivity contribution is 5.59. The zero-order chi connectivity index (χ0) is 16.1. The second-order valence-electron chi connectivity index (χ2n) is 4.95. The largest absolute Gasteiger partial charge is 0.336 e. The highest BCUT2D eigenvalue weighted by Crippen LogP contribution is 2.19. The Morgan fingerprint density at radius 3 is 2.52 bits per heavy atom. The summed E-state index contributed by atoms with van der Waals surface area (Å²) in [7, 11) is 0. The van der Waals surface area contributed by atoms with E-state index in [0.717, 1.165) is 12.1 Å². The third-order valence-electron chi connectivity index (χ3n) is 3.31. The molecular weight excluding hydrogens is 293 g/mol. The van der Waals surface area contributed by atoms with Crippen LogP contribution in [-0.4, -0.2) is 15.2 Å². The van der Waals surface area contributed by atoms with Crippen LogP contribution in [0.3, 0.4) is 0 Å². The monoisotopic (exact) mass is 309 g/mol. The van der Waals surface area contributed by atoms with Crippen LogP contribution in [0.1, 0.15) is 12.5 Å². The highest BCUT2D eigenvalue weighted by atomic mass is 19.1. The fraction of sp³-hybridized carbons (Fsp3) is 0.118. The molecule has 0 atom stereocenters. The molecule has 0 radical (unpaired) electrons. The maximum atomic E-state index is 13.7. The normalized spacial score (nSPS) is 10.3. The molecule has 0 bridgehead atoms. The third-order valence-corrected chi connectivity index (χ3v) is 3.31. The zero-order valence-corrected chi connectivity index (χ0v) is 12.6. The number of aromatic nitrogens is 3. The van der Waals surface area contributed by atoms with Crippen molar-refractivity contribution in [3.8, 4) is 0 Å². The molecule has 0 saturated heterocycles. The Morgan fingerprint density at radius 2 is 1.78 bits per heavy atom. The topological polar surface area (TPSA) is 62.7 Å². The molecule has 5 nitrogen and oxygen atoms in total. The molecule has 2 N–H and O–H groups in total. The predicted molar refractivity (Wildman–Crippen MR) is 88.6 cm³/mol. The molecule has 1 heterocycles. The summed E-state index contributed by atoms with van der Waals surface area (Å²) < 4.78 is 13.7. The molecule has 0 spiro atoms. The van der Waals surface area contributed by atoms with E-state index in [-0.39, 0.29) is 5.82 Å². The minimum Gasteiger partial charge on any atom is -0.336 e. The van der Waals surface area contributed by atoms with E-state index < -0.39 is 0 Å². The van der Waals surface area contributed by atoms with E-state index in [2.05, 4.69) is 32.7 Å². The van der Waals surface area contributed by atoms with Crippen LogP contribution < -0.4 is 10.6 Å². The van der Waals surface area contributed by atoms with E-state index >= 15 is 0 Å². The van der Waals surface area contributed by atoms with Crippen molar-refractivity contribution in [2.24, 2.45) is 0 Å². The number of halogens is 1. The first-order valence-electron chi connectivity index (χ1n) is 7.32. The Balaban J connectivity index is 1.75. The molecule has 3 aromatic rings. The predicted octanol–water partition coefficient (Wildman–Crippen LogP) is 4.06. The third kappa shape index (κ3) is 3.79. The minimum absolute atomic E-state index is 0.339. The van der Waals surface area contributed by atoms with Crippen LogP contribution >= 0.6 is 0 Å². The zero-order valence-electron chi connectivity index (χ0n) is 12.6. The van der Waals surface area contributed by atoms with Crippen molar-refractivity contribution in [1.29, 1.82) is 0 Å². The van der Waals surface area contributed by atoms with Crippen LogP contribution in [0.15, 0.2) is 54.7 Å². The number of rotatable bonds is 5. The van der Waals surface area contributed by atoms with Gasteiger partial charge in [0.2, 0.25) is 5.95 Å². The van der Waals surface area contributed by atoms with Gasteiger partial charge in [0, 0.05) is 5.69 Å². The average Bonchev–Trinajstić information content (AvgIpc) is 2.58. The van der Waals surface area contributed by atoms with E-state index in [1.165, 1.54) is 17.8 Å². The van der Waals surface area contributed by atoms with Gasteiger partial charge in [-0.05, 0) is 36.2 Å². The molecule has 116 valence electrons. The molecule has 0 saturated carbocycles. The summed E-state index contributed by atoms with van der Waals surface area (Å²) >= 11 is 0. The van der Waals surface area contributed by atoms with E-state index in [1.54, 1.807) is 18.2 Å². The molecule has 0 amide bonds. The summed E-state index contributed by atoms with van der Waals surface area (Å²) in [5, 5.41) is 13.8. The summed E-state index contributed by atoms with van der Waals surface area (Å²) in [6, 6.07) is 14.4. The quantitative estimate of drug-likeness (QED) is 0.744. The van der Waals surface area contributed by atoms with Crippen molar-refractivity contribution in [2.45, 2.75) is 13.3 Å². The van der Waals surface area contributed by atoms with Crippen LogP contribution in [-0.2, 0) is 6.42 Å². The molecule has 0 aliphatic rings. The van der Waals surface area contributed by atoms with Gasteiger partial charge in [-0.15, -0.1) is 5.10 Å². The molecule has 0 fully saturated rings. The van der Waals surface area contributed by atoms with Gasteiger partial charge in [-0.2, -0.15) is 10.1 Å². The molecule has 6 heteroatoms. The van der Waals surface area contributed by atoms with Gasteiger partial charge in [0.05, 0.1) is 11.9 Å². The van der Waals surface area contributed by atoms with Gasteiger partial charge < -0.3 is 10.6 Å². The second kappa shape index (κ2) is 6.83. The average molecular weight is 309 g/mol. The van der Waals surface area contributed by atoms with E-state index in [4.69, 9.17) is 0 Å². The molecule has 1 aromatic heterocycles. The van der Waals surface area contributed by atoms with Gasteiger partial charge in [-0.25, -0.2) is 4.39 Å². The highest BCUT2D eigenvalue weighted by Gasteiger charge is 2.05. The smallest absolute Gasteiger partial charge is 0.249 e. The molecular formula is C17H16FN5. The summed E-state index contributed by atoms with van der Waals surface area (Å²) in [4.78, 5) is 4.28. The van der Waals surface area contributed by atoms with Crippen molar-refractivity contribution < 1.29 is 4.39 Å². The maximum absolute atomic E-state index is 13.7. The number of nitrogens with one attached hydrogen (secondary N) is 2. The summed E-state index contributed by atoms with van der Waals surface area (Å²) in [5.74, 6) is 0.407. The van der Waals surface area contributed by atoms with Crippen molar-refractivity contribution in [2.75, 3.05) is 10.6 Å². The SMILES string of the molecule is CCc1ccc(Nc2nncc(Nc3ccccc3F)n2)cc1. The number of para-hydroxylation sites is 1. The van der Waals surface area contributed by atoms with Gasteiger partial charge in [0.25, 0.3) is 0 Å². The first-order chi connectivity index (χ1) is 11.2. The van der Waals surface area contributed by atoms with E-state index in [1.807, 2.05) is 24.3 Å². The molecule has 23 heavy (non-hydrogen) atoms. The number of aryl methyl sites for hydroxylation is 1. The number of hydrogen-bond acceptors (Lipinski definition) is 5. The van der Waals surface area contributed by atoms with Gasteiger partial charge in [0.1, 0.15) is 5.82 Å². The Hall–Kier alpha value is -3.02. The number of anilines is 4. The van der Waals surface area contributed by atoms with E-state index in [0.29, 0.717) is 17.5 Å². The standard InChI is InChI=1S/C17H16FN5/c1-2-12-7-9-13(10-8-12)20-17-22-16(11-19-23-17)21-15-6-4-3-5-14(15)18/h3-11H,2H2,1H3,(H2,20,21,22,23). The van der Waals surface area contributed by atoms with Crippen LogP contribution in [0.5, 0.6) is 0 Å². The lowest BCUT2D eigenvalue weighted by Crippen LogP contribution is -2.03. The Kier molecular flexibility index (Phi) is 4.42.